The van der Waals surface area contributed by atoms with Crippen molar-refractivity contribution in [1.82, 2.24) is 4.90 Å². The standard InChI is InChI=1S/C14H18N2O2/c1-2-16(10-6-9-15)11-13(14(17)18)12-7-4-3-5-8-12/h3-5,7-8,13H,2,6,10-11H2,1H3,(H,17,18). The number of carboxylic acids is 1. The van der Waals surface area contributed by atoms with E-state index in [0.717, 1.165) is 12.1 Å². The lowest BCUT2D eigenvalue weighted by Gasteiger charge is -2.23. The van der Waals surface area contributed by atoms with Crippen LogP contribution in [0.3, 0.4) is 0 Å². The van der Waals surface area contributed by atoms with Crippen LogP contribution in [-0.2, 0) is 4.79 Å². The molecule has 0 saturated carbocycles. The molecular weight excluding hydrogens is 228 g/mol. The third-order valence-corrected chi connectivity index (χ3v) is 2.93. The summed E-state index contributed by atoms with van der Waals surface area (Å²) in [4.78, 5) is 13.3. The number of benzene rings is 1. The highest BCUT2D eigenvalue weighted by Gasteiger charge is 2.21. The first-order chi connectivity index (χ1) is 8.69. The summed E-state index contributed by atoms with van der Waals surface area (Å²) in [6, 6.07) is 11.3. The fourth-order valence-corrected chi connectivity index (χ4v) is 1.86. The molecule has 0 heterocycles. The van der Waals surface area contributed by atoms with Crippen LogP contribution in [0.25, 0.3) is 0 Å². The zero-order valence-electron chi connectivity index (χ0n) is 10.5. The maximum atomic E-state index is 11.3. The van der Waals surface area contributed by atoms with Crippen LogP contribution in [0.5, 0.6) is 0 Å². The topological polar surface area (TPSA) is 64.3 Å². The van der Waals surface area contributed by atoms with Gasteiger partial charge in [0.1, 0.15) is 0 Å². The molecule has 0 spiro atoms. The Morgan fingerprint density at radius 2 is 2.11 bits per heavy atom. The van der Waals surface area contributed by atoms with E-state index in [2.05, 4.69) is 6.07 Å². The van der Waals surface area contributed by atoms with Gasteiger partial charge in [-0.1, -0.05) is 37.3 Å². The van der Waals surface area contributed by atoms with Crippen molar-refractivity contribution in [2.75, 3.05) is 19.6 Å². The minimum Gasteiger partial charge on any atom is -0.481 e. The first-order valence-electron chi connectivity index (χ1n) is 6.06. The lowest BCUT2D eigenvalue weighted by atomic mass is 9.98. The summed E-state index contributed by atoms with van der Waals surface area (Å²) in [7, 11) is 0. The third-order valence-electron chi connectivity index (χ3n) is 2.93. The summed E-state index contributed by atoms with van der Waals surface area (Å²) in [5, 5.41) is 17.9. The predicted molar refractivity (Wildman–Crippen MR) is 69.2 cm³/mol. The summed E-state index contributed by atoms with van der Waals surface area (Å²) in [5.74, 6) is -1.36. The van der Waals surface area contributed by atoms with Gasteiger partial charge in [-0.15, -0.1) is 0 Å². The molecule has 1 atom stereocenters. The monoisotopic (exact) mass is 246 g/mol. The quantitative estimate of drug-likeness (QED) is 0.800. The number of hydrogen-bond acceptors (Lipinski definition) is 3. The minimum atomic E-state index is -0.823. The molecule has 0 bridgehead atoms. The van der Waals surface area contributed by atoms with Gasteiger partial charge in [-0.25, -0.2) is 0 Å². The second kappa shape index (κ2) is 7.46. The zero-order valence-corrected chi connectivity index (χ0v) is 10.5. The Morgan fingerprint density at radius 3 is 2.61 bits per heavy atom. The van der Waals surface area contributed by atoms with Crippen molar-refractivity contribution in [2.45, 2.75) is 19.3 Å². The molecule has 96 valence electrons. The second-order valence-corrected chi connectivity index (χ2v) is 4.10. The van der Waals surface area contributed by atoms with Gasteiger partial charge in [0, 0.05) is 19.5 Å². The van der Waals surface area contributed by atoms with E-state index in [1.807, 2.05) is 42.2 Å². The average molecular weight is 246 g/mol. The highest BCUT2D eigenvalue weighted by molar-refractivity contribution is 5.76. The van der Waals surface area contributed by atoms with Crippen LogP contribution >= 0.6 is 0 Å². The number of rotatable bonds is 7. The summed E-state index contributed by atoms with van der Waals surface area (Å²) in [5.41, 5.74) is 0.806. The molecule has 4 nitrogen and oxygen atoms in total. The molecule has 1 aromatic carbocycles. The Balaban J connectivity index is 2.75. The summed E-state index contributed by atoms with van der Waals surface area (Å²) >= 11 is 0. The van der Waals surface area contributed by atoms with Gasteiger partial charge in [0.2, 0.25) is 0 Å². The maximum absolute atomic E-state index is 11.3. The van der Waals surface area contributed by atoms with Crippen molar-refractivity contribution in [2.24, 2.45) is 0 Å². The normalized spacial score (nSPS) is 12.1. The molecule has 1 aromatic rings. The van der Waals surface area contributed by atoms with Crippen LogP contribution in [-0.4, -0.2) is 35.6 Å². The summed E-state index contributed by atoms with van der Waals surface area (Å²) < 4.78 is 0. The highest BCUT2D eigenvalue weighted by atomic mass is 16.4. The molecule has 0 aliphatic carbocycles. The highest BCUT2D eigenvalue weighted by Crippen LogP contribution is 2.17. The summed E-state index contributed by atoms with van der Waals surface area (Å²) in [6.07, 6.45) is 0.426. The molecule has 4 heteroatoms. The fraction of sp³-hybridized carbons (Fsp3) is 0.429. The number of carbonyl (C=O) groups is 1. The van der Waals surface area contributed by atoms with Gasteiger partial charge in [-0.05, 0) is 12.1 Å². The lowest BCUT2D eigenvalue weighted by molar-refractivity contribution is -0.139. The van der Waals surface area contributed by atoms with E-state index in [4.69, 9.17) is 5.26 Å². The van der Waals surface area contributed by atoms with E-state index in [0.29, 0.717) is 19.5 Å². The Hall–Kier alpha value is -1.86. The van der Waals surface area contributed by atoms with E-state index in [1.165, 1.54) is 0 Å². The van der Waals surface area contributed by atoms with Crippen molar-refractivity contribution in [3.8, 4) is 6.07 Å². The molecule has 1 unspecified atom stereocenters. The SMILES string of the molecule is CCN(CCC#N)CC(C(=O)O)c1ccccc1. The minimum absolute atomic E-state index is 0.426. The Kier molecular flexibility index (Phi) is 5.89. The number of hydrogen-bond donors (Lipinski definition) is 1. The third kappa shape index (κ3) is 4.19. The average Bonchev–Trinajstić information content (AvgIpc) is 2.39. The van der Waals surface area contributed by atoms with E-state index in [9.17, 15) is 9.90 Å². The van der Waals surface area contributed by atoms with Crippen LogP contribution in [0.15, 0.2) is 30.3 Å². The smallest absolute Gasteiger partial charge is 0.312 e. The number of likely N-dealkylation sites (N-methyl/N-ethyl adjacent to an activating group) is 1. The molecule has 0 fully saturated rings. The molecule has 0 aliphatic heterocycles. The van der Waals surface area contributed by atoms with Crippen molar-refractivity contribution in [1.29, 1.82) is 5.26 Å². The van der Waals surface area contributed by atoms with Gasteiger partial charge in [0.25, 0.3) is 0 Å². The molecule has 18 heavy (non-hydrogen) atoms. The van der Waals surface area contributed by atoms with Crippen molar-refractivity contribution in [3.63, 3.8) is 0 Å². The Labute approximate surface area is 107 Å². The first kappa shape index (κ1) is 14.2. The molecule has 1 rings (SSSR count). The predicted octanol–water partition coefficient (Wildman–Crippen LogP) is 2.09. The Bertz CT molecular complexity index is 412. The maximum Gasteiger partial charge on any atom is 0.312 e. The lowest BCUT2D eigenvalue weighted by Crippen LogP contribution is -2.32. The largest absolute Gasteiger partial charge is 0.481 e. The molecule has 0 aliphatic rings. The molecule has 0 saturated heterocycles. The van der Waals surface area contributed by atoms with Crippen LogP contribution in [0.4, 0.5) is 0 Å². The van der Waals surface area contributed by atoms with Gasteiger partial charge in [0.15, 0.2) is 0 Å². The number of nitriles is 1. The molecule has 0 amide bonds. The van der Waals surface area contributed by atoms with Crippen LogP contribution in [0.1, 0.15) is 24.8 Å². The van der Waals surface area contributed by atoms with Crippen LogP contribution in [0, 0.1) is 11.3 Å². The van der Waals surface area contributed by atoms with Gasteiger partial charge < -0.3 is 10.0 Å². The van der Waals surface area contributed by atoms with E-state index in [-0.39, 0.29) is 0 Å². The van der Waals surface area contributed by atoms with Crippen molar-refractivity contribution in [3.05, 3.63) is 35.9 Å². The molecule has 1 N–H and O–H groups in total. The van der Waals surface area contributed by atoms with E-state index < -0.39 is 11.9 Å². The zero-order chi connectivity index (χ0) is 13.4. The fourth-order valence-electron chi connectivity index (χ4n) is 1.86. The molecule has 0 radical (unpaired) electrons. The van der Waals surface area contributed by atoms with Crippen LogP contribution in [0.2, 0.25) is 0 Å². The van der Waals surface area contributed by atoms with Gasteiger partial charge >= 0.3 is 5.97 Å². The molecular formula is C14H18N2O2. The number of carboxylic acid groups (broad SMARTS) is 1. The number of nitrogens with zero attached hydrogens (tertiary/aromatic N) is 2. The van der Waals surface area contributed by atoms with Crippen molar-refractivity contribution < 1.29 is 9.90 Å². The van der Waals surface area contributed by atoms with Crippen molar-refractivity contribution >= 4 is 5.97 Å². The van der Waals surface area contributed by atoms with Gasteiger partial charge in [-0.2, -0.15) is 5.26 Å². The van der Waals surface area contributed by atoms with Gasteiger partial charge in [0.05, 0.1) is 12.0 Å². The summed E-state index contributed by atoms with van der Waals surface area (Å²) in [6.45, 7) is 3.78. The molecule has 0 aromatic heterocycles. The second-order valence-electron chi connectivity index (χ2n) is 4.10. The number of aliphatic carboxylic acids is 1. The van der Waals surface area contributed by atoms with E-state index in [1.54, 1.807) is 0 Å². The van der Waals surface area contributed by atoms with Crippen LogP contribution < -0.4 is 0 Å². The first-order valence-corrected chi connectivity index (χ1v) is 6.06. The van der Waals surface area contributed by atoms with E-state index >= 15 is 0 Å². The Morgan fingerprint density at radius 1 is 1.44 bits per heavy atom. The van der Waals surface area contributed by atoms with Gasteiger partial charge in [-0.3, -0.25) is 4.79 Å².